The molecule has 2 aromatic rings. The van der Waals surface area contributed by atoms with E-state index in [4.69, 9.17) is 0 Å². The van der Waals surface area contributed by atoms with E-state index in [1.54, 1.807) is 11.3 Å². The summed E-state index contributed by atoms with van der Waals surface area (Å²) in [5.74, 6) is 0.419. The third kappa shape index (κ3) is 3.16. The van der Waals surface area contributed by atoms with Crippen molar-refractivity contribution in [2.45, 2.75) is 32.7 Å². The summed E-state index contributed by atoms with van der Waals surface area (Å²) < 4.78 is 0. The number of amides is 1. The highest BCUT2D eigenvalue weighted by atomic mass is 32.1. The zero-order valence-corrected chi connectivity index (χ0v) is 13.1. The van der Waals surface area contributed by atoms with Gasteiger partial charge in [-0.25, -0.2) is 4.98 Å². The molecule has 1 aliphatic carbocycles. The zero-order valence-electron chi connectivity index (χ0n) is 12.3. The Balaban J connectivity index is 1.68. The summed E-state index contributed by atoms with van der Waals surface area (Å²) in [7, 11) is 0. The van der Waals surface area contributed by atoms with Crippen LogP contribution in [0.25, 0.3) is 0 Å². The highest BCUT2D eigenvalue weighted by Crippen LogP contribution is 2.29. The second-order valence-corrected chi connectivity index (χ2v) is 6.44. The summed E-state index contributed by atoms with van der Waals surface area (Å²) in [6, 6.07) is 10.2. The quantitative estimate of drug-likeness (QED) is 0.868. The summed E-state index contributed by atoms with van der Waals surface area (Å²) in [6.45, 7) is 3.53. The lowest BCUT2D eigenvalue weighted by molar-refractivity contribution is -0.136. The van der Waals surface area contributed by atoms with E-state index in [2.05, 4.69) is 24.0 Å². The van der Waals surface area contributed by atoms with Gasteiger partial charge in [0.1, 0.15) is 0 Å². The Labute approximate surface area is 129 Å². The number of aromatic nitrogens is 1. The second-order valence-electron chi connectivity index (χ2n) is 5.50. The van der Waals surface area contributed by atoms with Gasteiger partial charge in [-0.2, -0.15) is 0 Å². The standard InChI is InChI=1S/C17H20N2OS/c1-2-19(11-13-6-4-3-5-7-13)17(20)14-8-9-15-16(10-14)21-12-18-15/h3-7,12,14H,2,8-11H2,1H3. The molecule has 0 spiro atoms. The molecule has 1 heterocycles. The first kappa shape index (κ1) is 14.3. The molecule has 3 nitrogen and oxygen atoms in total. The van der Waals surface area contributed by atoms with Gasteiger partial charge in [0.25, 0.3) is 0 Å². The van der Waals surface area contributed by atoms with Gasteiger partial charge in [0.05, 0.1) is 11.2 Å². The first-order valence-electron chi connectivity index (χ1n) is 7.52. The molecular weight excluding hydrogens is 280 g/mol. The fourth-order valence-corrected chi connectivity index (χ4v) is 3.81. The van der Waals surface area contributed by atoms with Gasteiger partial charge in [-0.3, -0.25) is 4.79 Å². The van der Waals surface area contributed by atoms with Gasteiger partial charge in [0, 0.05) is 23.9 Å². The van der Waals surface area contributed by atoms with Gasteiger partial charge in [0.2, 0.25) is 5.91 Å². The van der Waals surface area contributed by atoms with E-state index in [0.29, 0.717) is 12.5 Å². The number of aryl methyl sites for hydroxylation is 1. The fraction of sp³-hybridized carbons (Fsp3) is 0.412. The Bertz CT molecular complexity index is 608. The van der Waals surface area contributed by atoms with Crippen molar-refractivity contribution < 1.29 is 4.79 Å². The maximum absolute atomic E-state index is 12.8. The van der Waals surface area contributed by atoms with Gasteiger partial charge >= 0.3 is 0 Å². The zero-order chi connectivity index (χ0) is 14.7. The smallest absolute Gasteiger partial charge is 0.226 e. The van der Waals surface area contributed by atoms with Crippen molar-refractivity contribution in [3.8, 4) is 0 Å². The number of nitrogens with zero attached hydrogens (tertiary/aromatic N) is 2. The normalized spacial score (nSPS) is 17.3. The molecule has 0 saturated heterocycles. The molecule has 0 saturated carbocycles. The van der Waals surface area contributed by atoms with E-state index in [9.17, 15) is 4.79 Å². The molecule has 3 rings (SSSR count). The molecule has 21 heavy (non-hydrogen) atoms. The lowest BCUT2D eigenvalue weighted by Crippen LogP contribution is -2.37. The van der Waals surface area contributed by atoms with Crippen LogP contribution in [0.2, 0.25) is 0 Å². The van der Waals surface area contributed by atoms with Gasteiger partial charge < -0.3 is 4.90 Å². The van der Waals surface area contributed by atoms with Crippen LogP contribution in [-0.2, 0) is 24.2 Å². The number of hydrogen-bond acceptors (Lipinski definition) is 3. The maximum Gasteiger partial charge on any atom is 0.226 e. The van der Waals surface area contributed by atoms with Gasteiger partial charge in [-0.15, -0.1) is 11.3 Å². The van der Waals surface area contributed by atoms with E-state index in [0.717, 1.165) is 25.8 Å². The number of fused-ring (bicyclic) bond motifs is 1. The van der Waals surface area contributed by atoms with Crippen molar-refractivity contribution in [3.63, 3.8) is 0 Å². The predicted molar refractivity (Wildman–Crippen MR) is 85.2 cm³/mol. The van der Waals surface area contributed by atoms with Crippen molar-refractivity contribution >= 4 is 17.2 Å². The lowest BCUT2D eigenvalue weighted by Gasteiger charge is -2.28. The Kier molecular flexibility index (Phi) is 4.34. The molecule has 1 aromatic carbocycles. The first-order valence-corrected chi connectivity index (χ1v) is 8.40. The monoisotopic (exact) mass is 300 g/mol. The van der Waals surface area contributed by atoms with Crippen molar-refractivity contribution in [2.24, 2.45) is 5.92 Å². The summed E-state index contributed by atoms with van der Waals surface area (Å²) in [5.41, 5.74) is 4.30. The van der Waals surface area contributed by atoms with Crippen molar-refractivity contribution in [1.29, 1.82) is 0 Å². The molecule has 1 aliphatic rings. The molecule has 4 heteroatoms. The largest absolute Gasteiger partial charge is 0.338 e. The Morgan fingerprint density at radius 1 is 1.38 bits per heavy atom. The number of hydrogen-bond donors (Lipinski definition) is 0. The summed E-state index contributed by atoms with van der Waals surface area (Å²) in [4.78, 5) is 20.4. The van der Waals surface area contributed by atoms with E-state index >= 15 is 0 Å². The summed E-state index contributed by atoms with van der Waals surface area (Å²) in [5, 5.41) is 0. The van der Waals surface area contributed by atoms with Gasteiger partial charge in [0.15, 0.2) is 0 Å². The SMILES string of the molecule is CCN(Cc1ccccc1)C(=O)C1CCc2ncsc2C1. The number of thiazole rings is 1. The number of rotatable bonds is 4. The van der Waals surface area contributed by atoms with Crippen LogP contribution in [0.15, 0.2) is 35.8 Å². The molecule has 1 atom stereocenters. The van der Waals surface area contributed by atoms with E-state index in [-0.39, 0.29) is 5.92 Å². The van der Waals surface area contributed by atoms with Crippen LogP contribution in [0, 0.1) is 5.92 Å². The van der Waals surface area contributed by atoms with E-state index in [1.807, 2.05) is 28.6 Å². The van der Waals surface area contributed by atoms with Crippen LogP contribution in [0.1, 0.15) is 29.5 Å². The number of carbonyl (C=O) groups excluding carboxylic acids is 1. The van der Waals surface area contributed by atoms with Crippen LogP contribution >= 0.6 is 11.3 Å². The number of carbonyl (C=O) groups is 1. The van der Waals surface area contributed by atoms with E-state index in [1.165, 1.54) is 16.1 Å². The molecule has 0 fully saturated rings. The van der Waals surface area contributed by atoms with Crippen LogP contribution in [0.3, 0.4) is 0 Å². The third-order valence-electron chi connectivity index (χ3n) is 4.15. The summed E-state index contributed by atoms with van der Waals surface area (Å²) in [6.07, 6.45) is 2.74. The van der Waals surface area contributed by atoms with E-state index < -0.39 is 0 Å². The topological polar surface area (TPSA) is 33.2 Å². The minimum Gasteiger partial charge on any atom is -0.338 e. The molecule has 0 bridgehead atoms. The predicted octanol–water partition coefficient (Wildman–Crippen LogP) is 3.30. The molecular formula is C17H20N2OS. The highest BCUT2D eigenvalue weighted by molar-refractivity contribution is 7.09. The third-order valence-corrected chi connectivity index (χ3v) is 5.04. The van der Waals surface area contributed by atoms with Crippen LogP contribution in [0.4, 0.5) is 0 Å². The van der Waals surface area contributed by atoms with Gasteiger partial charge in [-0.05, 0) is 31.7 Å². The average molecular weight is 300 g/mol. The molecule has 1 unspecified atom stereocenters. The number of benzene rings is 1. The first-order chi connectivity index (χ1) is 10.3. The van der Waals surface area contributed by atoms with Crippen LogP contribution < -0.4 is 0 Å². The lowest BCUT2D eigenvalue weighted by atomic mass is 9.90. The maximum atomic E-state index is 12.8. The minimum atomic E-state index is 0.126. The molecule has 0 N–H and O–H groups in total. The van der Waals surface area contributed by atoms with Crippen molar-refractivity contribution in [1.82, 2.24) is 9.88 Å². The fourth-order valence-electron chi connectivity index (χ4n) is 2.92. The Morgan fingerprint density at radius 3 is 2.95 bits per heavy atom. The molecule has 0 aliphatic heterocycles. The minimum absolute atomic E-state index is 0.126. The Morgan fingerprint density at radius 2 is 2.19 bits per heavy atom. The second kappa shape index (κ2) is 6.39. The van der Waals surface area contributed by atoms with Crippen LogP contribution in [0.5, 0.6) is 0 Å². The highest BCUT2D eigenvalue weighted by Gasteiger charge is 2.29. The summed E-state index contributed by atoms with van der Waals surface area (Å²) >= 11 is 1.69. The Hall–Kier alpha value is -1.68. The average Bonchev–Trinajstić information content (AvgIpc) is 3.00. The van der Waals surface area contributed by atoms with Crippen molar-refractivity contribution in [3.05, 3.63) is 52.0 Å². The van der Waals surface area contributed by atoms with Crippen molar-refractivity contribution in [2.75, 3.05) is 6.54 Å². The molecule has 110 valence electrons. The van der Waals surface area contributed by atoms with Gasteiger partial charge in [-0.1, -0.05) is 30.3 Å². The molecule has 1 aromatic heterocycles. The molecule has 0 radical (unpaired) electrons. The molecule has 1 amide bonds. The van der Waals surface area contributed by atoms with Crippen LogP contribution in [-0.4, -0.2) is 22.3 Å².